The van der Waals surface area contributed by atoms with Crippen molar-refractivity contribution in [1.29, 1.82) is 0 Å². The van der Waals surface area contributed by atoms with Crippen LogP contribution in [0.2, 0.25) is 0 Å². The van der Waals surface area contributed by atoms with Crippen molar-refractivity contribution >= 4 is 0 Å². The third-order valence-electron chi connectivity index (χ3n) is 3.13. The fourth-order valence-electron chi connectivity index (χ4n) is 1.89. The average Bonchev–Trinajstić information content (AvgIpc) is 2.87. The molecule has 1 aromatic heterocycles. The van der Waals surface area contributed by atoms with Crippen LogP contribution in [-0.4, -0.2) is 37.7 Å². The van der Waals surface area contributed by atoms with Crippen LogP contribution < -0.4 is 5.32 Å². The average molecular weight is 268 g/mol. The van der Waals surface area contributed by atoms with Gasteiger partial charge in [0, 0.05) is 6.54 Å². The molecule has 4 heteroatoms. The molecule has 0 radical (unpaired) electrons. The SMILES string of the molecule is CCCNCc1ccc(COCCN(CC)CC)o1. The van der Waals surface area contributed by atoms with E-state index in [2.05, 4.69) is 31.0 Å². The number of hydrogen-bond donors (Lipinski definition) is 1. The molecule has 1 N–H and O–H groups in total. The largest absolute Gasteiger partial charge is 0.462 e. The normalized spacial score (nSPS) is 11.4. The van der Waals surface area contributed by atoms with E-state index in [0.29, 0.717) is 6.61 Å². The number of furan rings is 1. The van der Waals surface area contributed by atoms with Gasteiger partial charge in [0.1, 0.15) is 18.1 Å². The number of nitrogens with zero attached hydrogens (tertiary/aromatic N) is 1. The van der Waals surface area contributed by atoms with Crippen LogP contribution in [0.4, 0.5) is 0 Å². The lowest BCUT2D eigenvalue weighted by atomic mass is 10.4. The highest BCUT2D eigenvalue weighted by Crippen LogP contribution is 2.08. The predicted octanol–water partition coefficient (Wildman–Crippen LogP) is 2.64. The van der Waals surface area contributed by atoms with E-state index in [1.807, 2.05) is 12.1 Å². The van der Waals surface area contributed by atoms with Gasteiger partial charge in [-0.15, -0.1) is 0 Å². The molecule has 0 aromatic carbocycles. The minimum Gasteiger partial charge on any atom is -0.462 e. The highest BCUT2D eigenvalue weighted by Gasteiger charge is 2.03. The van der Waals surface area contributed by atoms with Crippen LogP contribution in [0.15, 0.2) is 16.5 Å². The van der Waals surface area contributed by atoms with E-state index in [9.17, 15) is 0 Å². The predicted molar refractivity (Wildman–Crippen MR) is 78.1 cm³/mol. The Balaban J connectivity index is 2.15. The third-order valence-corrected chi connectivity index (χ3v) is 3.13. The topological polar surface area (TPSA) is 37.6 Å². The van der Waals surface area contributed by atoms with Gasteiger partial charge < -0.3 is 19.4 Å². The molecule has 0 unspecified atom stereocenters. The number of ether oxygens (including phenoxy) is 1. The Bertz CT molecular complexity index is 322. The van der Waals surface area contributed by atoms with Gasteiger partial charge in [0.15, 0.2) is 0 Å². The molecule has 0 spiro atoms. The molecule has 110 valence electrons. The van der Waals surface area contributed by atoms with E-state index in [0.717, 1.165) is 57.3 Å². The summed E-state index contributed by atoms with van der Waals surface area (Å²) in [5.41, 5.74) is 0. The summed E-state index contributed by atoms with van der Waals surface area (Å²) < 4.78 is 11.3. The summed E-state index contributed by atoms with van der Waals surface area (Å²) in [4.78, 5) is 2.35. The van der Waals surface area contributed by atoms with Crippen molar-refractivity contribution in [2.45, 2.75) is 40.3 Å². The zero-order chi connectivity index (χ0) is 13.9. The molecule has 0 saturated carbocycles. The van der Waals surface area contributed by atoms with Crippen molar-refractivity contribution < 1.29 is 9.15 Å². The third kappa shape index (κ3) is 6.76. The van der Waals surface area contributed by atoms with E-state index in [-0.39, 0.29) is 0 Å². The zero-order valence-electron chi connectivity index (χ0n) is 12.6. The molecule has 0 amide bonds. The van der Waals surface area contributed by atoms with Gasteiger partial charge in [-0.05, 0) is 38.2 Å². The number of hydrogen-bond acceptors (Lipinski definition) is 4. The first-order chi connectivity index (χ1) is 9.30. The van der Waals surface area contributed by atoms with E-state index >= 15 is 0 Å². The molecule has 0 aliphatic heterocycles. The van der Waals surface area contributed by atoms with Crippen molar-refractivity contribution in [3.8, 4) is 0 Å². The van der Waals surface area contributed by atoms with Gasteiger partial charge in [-0.25, -0.2) is 0 Å². The summed E-state index contributed by atoms with van der Waals surface area (Å²) in [5.74, 6) is 1.89. The number of likely N-dealkylation sites (N-methyl/N-ethyl adjacent to an activating group) is 1. The van der Waals surface area contributed by atoms with Crippen molar-refractivity contribution in [3.63, 3.8) is 0 Å². The molecule has 0 saturated heterocycles. The molecule has 0 bridgehead atoms. The van der Waals surface area contributed by atoms with E-state index < -0.39 is 0 Å². The maximum absolute atomic E-state index is 5.69. The minimum atomic E-state index is 0.565. The summed E-state index contributed by atoms with van der Waals surface area (Å²) in [7, 11) is 0. The standard InChI is InChI=1S/C15H28N2O2/c1-4-9-16-12-14-7-8-15(19-14)13-18-11-10-17(5-2)6-3/h7-8,16H,4-6,9-13H2,1-3H3. The lowest BCUT2D eigenvalue weighted by molar-refractivity contribution is 0.0836. The van der Waals surface area contributed by atoms with E-state index in [1.165, 1.54) is 0 Å². The Labute approximate surface area is 117 Å². The van der Waals surface area contributed by atoms with Crippen LogP contribution in [-0.2, 0) is 17.9 Å². The zero-order valence-corrected chi connectivity index (χ0v) is 12.6. The van der Waals surface area contributed by atoms with Gasteiger partial charge in [-0.2, -0.15) is 0 Å². The maximum Gasteiger partial charge on any atom is 0.129 e. The van der Waals surface area contributed by atoms with Gasteiger partial charge >= 0.3 is 0 Å². The summed E-state index contributed by atoms with van der Waals surface area (Å²) in [6, 6.07) is 4.02. The summed E-state index contributed by atoms with van der Waals surface area (Å²) in [6.45, 7) is 12.8. The second kappa shape index (κ2) is 10.0. The molecule has 4 nitrogen and oxygen atoms in total. The summed E-state index contributed by atoms with van der Waals surface area (Å²) in [5, 5.41) is 3.32. The van der Waals surface area contributed by atoms with Crippen molar-refractivity contribution in [2.24, 2.45) is 0 Å². The van der Waals surface area contributed by atoms with Crippen molar-refractivity contribution in [3.05, 3.63) is 23.7 Å². The quantitative estimate of drug-likeness (QED) is 0.626. The van der Waals surface area contributed by atoms with Crippen LogP contribution in [0.25, 0.3) is 0 Å². The Hall–Kier alpha value is -0.840. The summed E-state index contributed by atoms with van der Waals surface area (Å²) in [6.07, 6.45) is 1.14. The molecule has 0 aliphatic carbocycles. The van der Waals surface area contributed by atoms with Crippen LogP contribution in [0, 0.1) is 0 Å². The van der Waals surface area contributed by atoms with E-state index in [4.69, 9.17) is 9.15 Å². The highest BCUT2D eigenvalue weighted by atomic mass is 16.5. The molecule has 0 aliphatic rings. The molecule has 1 aromatic rings. The maximum atomic E-state index is 5.69. The molecule has 0 atom stereocenters. The van der Waals surface area contributed by atoms with Gasteiger partial charge in [0.2, 0.25) is 0 Å². The van der Waals surface area contributed by atoms with Gasteiger partial charge in [-0.1, -0.05) is 20.8 Å². The lowest BCUT2D eigenvalue weighted by Gasteiger charge is -2.17. The Morgan fingerprint density at radius 1 is 1.16 bits per heavy atom. The Morgan fingerprint density at radius 3 is 2.58 bits per heavy atom. The first kappa shape index (κ1) is 16.2. The number of rotatable bonds is 11. The lowest BCUT2D eigenvalue weighted by Crippen LogP contribution is -2.26. The van der Waals surface area contributed by atoms with Gasteiger partial charge in [0.25, 0.3) is 0 Å². The fraction of sp³-hybridized carbons (Fsp3) is 0.733. The number of nitrogens with one attached hydrogen (secondary N) is 1. The smallest absolute Gasteiger partial charge is 0.129 e. The second-order valence-electron chi connectivity index (χ2n) is 4.62. The fourth-order valence-corrected chi connectivity index (χ4v) is 1.89. The Kier molecular flexibility index (Phi) is 8.54. The van der Waals surface area contributed by atoms with Crippen molar-refractivity contribution in [1.82, 2.24) is 10.2 Å². The van der Waals surface area contributed by atoms with Crippen molar-refractivity contribution in [2.75, 3.05) is 32.8 Å². The van der Waals surface area contributed by atoms with Crippen LogP contribution in [0.3, 0.4) is 0 Å². The molecule has 19 heavy (non-hydrogen) atoms. The molecular weight excluding hydrogens is 240 g/mol. The minimum absolute atomic E-state index is 0.565. The second-order valence-corrected chi connectivity index (χ2v) is 4.62. The van der Waals surface area contributed by atoms with Crippen LogP contribution in [0.1, 0.15) is 38.7 Å². The van der Waals surface area contributed by atoms with Crippen LogP contribution in [0.5, 0.6) is 0 Å². The van der Waals surface area contributed by atoms with Crippen LogP contribution >= 0.6 is 0 Å². The van der Waals surface area contributed by atoms with Gasteiger partial charge in [-0.3, -0.25) is 0 Å². The molecule has 0 fully saturated rings. The van der Waals surface area contributed by atoms with E-state index in [1.54, 1.807) is 0 Å². The van der Waals surface area contributed by atoms with Gasteiger partial charge in [0.05, 0.1) is 13.2 Å². The Morgan fingerprint density at radius 2 is 1.89 bits per heavy atom. The molecule has 1 rings (SSSR count). The monoisotopic (exact) mass is 268 g/mol. The summed E-state index contributed by atoms with van der Waals surface area (Å²) >= 11 is 0. The first-order valence-electron chi connectivity index (χ1n) is 7.38. The first-order valence-corrected chi connectivity index (χ1v) is 7.38. The molecule has 1 heterocycles. The molecular formula is C15H28N2O2. The highest BCUT2D eigenvalue weighted by molar-refractivity contribution is 5.06.